The zero-order chi connectivity index (χ0) is 19.7. The molecule has 1 aromatic carbocycles. The first-order valence-electron chi connectivity index (χ1n) is 9.17. The number of nitrogens with zero attached hydrogens (tertiary/aromatic N) is 2. The van der Waals surface area contributed by atoms with Crippen molar-refractivity contribution in [3.8, 4) is 5.75 Å². The predicted octanol–water partition coefficient (Wildman–Crippen LogP) is 2.42. The van der Waals surface area contributed by atoms with Crippen LogP contribution in [0.4, 0.5) is 13.2 Å². The van der Waals surface area contributed by atoms with Gasteiger partial charge in [-0.05, 0) is 44.0 Å². The van der Waals surface area contributed by atoms with Gasteiger partial charge in [-0.3, -0.25) is 9.69 Å². The number of alkyl halides is 2. The van der Waals surface area contributed by atoms with Crippen LogP contribution in [-0.2, 0) is 11.3 Å². The summed E-state index contributed by atoms with van der Waals surface area (Å²) in [7, 11) is 1.47. The minimum Gasteiger partial charge on any atom is -0.497 e. The standard InChI is InChI=1S/C19H25F3N2O3/c1-27-15-4-5-16(20)14(10-15)11-24-9-2-6-18(26,17(24)25)12-23-8-3-7-19(21,22)13-23/h4-5,10,26H,2-3,6-9,11-13H2,1H3. The SMILES string of the molecule is COc1ccc(F)c(CN2CCCC(O)(CN3CCCC(F)(F)C3)C2=O)c1. The first-order chi connectivity index (χ1) is 12.7. The molecule has 1 atom stereocenters. The molecule has 1 aromatic rings. The molecule has 2 heterocycles. The van der Waals surface area contributed by atoms with Crippen LogP contribution in [-0.4, -0.2) is 65.6 Å². The van der Waals surface area contributed by atoms with Gasteiger partial charge in [-0.25, -0.2) is 13.2 Å². The summed E-state index contributed by atoms with van der Waals surface area (Å²) < 4.78 is 46.5. The van der Waals surface area contributed by atoms with Crippen molar-refractivity contribution in [1.82, 2.24) is 9.80 Å². The highest BCUT2D eigenvalue weighted by Gasteiger charge is 2.45. The lowest BCUT2D eigenvalue weighted by molar-refractivity contribution is -0.163. The summed E-state index contributed by atoms with van der Waals surface area (Å²) in [5.74, 6) is -3.32. The molecule has 2 aliphatic rings. The number of aliphatic hydroxyl groups is 1. The Morgan fingerprint density at radius 1 is 1.22 bits per heavy atom. The van der Waals surface area contributed by atoms with Gasteiger partial charge in [-0.15, -0.1) is 0 Å². The Morgan fingerprint density at radius 3 is 2.67 bits per heavy atom. The lowest BCUT2D eigenvalue weighted by Gasteiger charge is -2.42. The first kappa shape index (κ1) is 19.9. The molecule has 0 spiro atoms. The Morgan fingerprint density at radius 2 is 1.96 bits per heavy atom. The van der Waals surface area contributed by atoms with Gasteiger partial charge in [-0.1, -0.05) is 0 Å². The van der Waals surface area contributed by atoms with E-state index in [1.807, 2.05) is 0 Å². The maximum Gasteiger partial charge on any atom is 0.260 e. The summed E-state index contributed by atoms with van der Waals surface area (Å²) >= 11 is 0. The Balaban J connectivity index is 1.71. The quantitative estimate of drug-likeness (QED) is 0.845. The molecule has 0 radical (unpaired) electrons. The number of β-amino-alcohol motifs (C(OH)–C–C–N with tert-alkyl or cyclic N) is 1. The Bertz CT molecular complexity index is 701. The Labute approximate surface area is 156 Å². The molecule has 27 heavy (non-hydrogen) atoms. The van der Waals surface area contributed by atoms with Crippen molar-refractivity contribution in [3.63, 3.8) is 0 Å². The number of methoxy groups -OCH3 is 1. The molecule has 0 bridgehead atoms. The number of likely N-dealkylation sites (tertiary alicyclic amines) is 2. The fourth-order valence-corrected chi connectivity index (χ4v) is 3.92. The number of benzene rings is 1. The van der Waals surface area contributed by atoms with Crippen LogP contribution in [0.5, 0.6) is 5.75 Å². The van der Waals surface area contributed by atoms with Crippen LogP contribution >= 0.6 is 0 Å². The second kappa shape index (κ2) is 7.67. The number of carbonyl (C=O) groups is 1. The Hall–Kier alpha value is -1.80. The van der Waals surface area contributed by atoms with Crippen LogP contribution in [0.1, 0.15) is 31.2 Å². The topological polar surface area (TPSA) is 53.0 Å². The number of hydrogen-bond acceptors (Lipinski definition) is 4. The van der Waals surface area contributed by atoms with Gasteiger partial charge in [-0.2, -0.15) is 0 Å². The average Bonchev–Trinajstić information content (AvgIpc) is 2.60. The normalized spacial score (nSPS) is 26.3. The van der Waals surface area contributed by atoms with Gasteiger partial charge in [0.1, 0.15) is 11.6 Å². The van der Waals surface area contributed by atoms with Crippen molar-refractivity contribution in [1.29, 1.82) is 0 Å². The number of piperidine rings is 2. The number of amides is 1. The van der Waals surface area contributed by atoms with Crippen molar-refractivity contribution in [2.75, 3.05) is 33.3 Å². The smallest absolute Gasteiger partial charge is 0.260 e. The molecular formula is C19H25F3N2O3. The summed E-state index contributed by atoms with van der Waals surface area (Å²) in [6.07, 6.45) is 0.899. The highest BCUT2D eigenvalue weighted by atomic mass is 19.3. The molecule has 2 saturated heterocycles. The monoisotopic (exact) mass is 386 g/mol. The fraction of sp³-hybridized carbons (Fsp3) is 0.632. The zero-order valence-corrected chi connectivity index (χ0v) is 15.4. The number of hydrogen-bond donors (Lipinski definition) is 1. The van der Waals surface area contributed by atoms with Crippen LogP contribution in [0.2, 0.25) is 0 Å². The second-order valence-corrected chi connectivity index (χ2v) is 7.49. The van der Waals surface area contributed by atoms with Crippen LogP contribution in [0, 0.1) is 5.82 Å². The largest absolute Gasteiger partial charge is 0.497 e. The average molecular weight is 386 g/mol. The summed E-state index contributed by atoms with van der Waals surface area (Å²) in [5.41, 5.74) is -1.43. The molecule has 2 aliphatic heterocycles. The molecule has 1 unspecified atom stereocenters. The van der Waals surface area contributed by atoms with E-state index < -0.39 is 29.8 Å². The van der Waals surface area contributed by atoms with E-state index in [0.29, 0.717) is 31.7 Å². The zero-order valence-electron chi connectivity index (χ0n) is 15.4. The van der Waals surface area contributed by atoms with E-state index in [9.17, 15) is 23.1 Å². The van der Waals surface area contributed by atoms with E-state index in [-0.39, 0.29) is 31.5 Å². The van der Waals surface area contributed by atoms with Gasteiger partial charge in [0.2, 0.25) is 0 Å². The molecule has 150 valence electrons. The van der Waals surface area contributed by atoms with E-state index in [0.717, 1.165) is 0 Å². The highest BCUT2D eigenvalue weighted by Crippen LogP contribution is 2.31. The summed E-state index contributed by atoms with van der Waals surface area (Å²) in [6.45, 7) is 0.232. The van der Waals surface area contributed by atoms with Crippen molar-refractivity contribution < 1.29 is 27.8 Å². The van der Waals surface area contributed by atoms with Gasteiger partial charge >= 0.3 is 0 Å². The minimum atomic E-state index is -2.80. The third-order valence-corrected chi connectivity index (χ3v) is 5.27. The van der Waals surface area contributed by atoms with Gasteiger partial charge < -0.3 is 14.7 Å². The van der Waals surface area contributed by atoms with Crippen molar-refractivity contribution >= 4 is 5.91 Å². The van der Waals surface area contributed by atoms with Gasteiger partial charge in [0, 0.05) is 31.6 Å². The fourth-order valence-electron chi connectivity index (χ4n) is 3.92. The summed E-state index contributed by atoms with van der Waals surface area (Å²) in [4.78, 5) is 15.7. The molecule has 8 heteroatoms. The van der Waals surface area contributed by atoms with E-state index in [4.69, 9.17) is 4.74 Å². The van der Waals surface area contributed by atoms with E-state index in [1.54, 1.807) is 0 Å². The van der Waals surface area contributed by atoms with E-state index >= 15 is 0 Å². The summed E-state index contributed by atoms with van der Waals surface area (Å²) in [5, 5.41) is 10.9. The lowest BCUT2D eigenvalue weighted by Crippen LogP contribution is -2.60. The molecule has 2 fully saturated rings. The Kier molecular flexibility index (Phi) is 5.67. The highest BCUT2D eigenvalue weighted by molar-refractivity contribution is 5.86. The molecule has 0 aromatic heterocycles. The van der Waals surface area contributed by atoms with Gasteiger partial charge in [0.15, 0.2) is 5.60 Å². The lowest BCUT2D eigenvalue weighted by atomic mass is 9.90. The van der Waals surface area contributed by atoms with E-state index in [2.05, 4.69) is 0 Å². The summed E-state index contributed by atoms with van der Waals surface area (Å²) in [6, 6.07) is 4.27. The minimum absolute atomic E-state index is 0.000334. The third kappa shape index (κ3) is 4.55. The molecule has 1 N–H and O–H groups in total. The van der Waals surface area contributed by atoms with Gasteiger partial charge in [0.05, 0.1) is 13.7 Å². The van der Waals surface area contributed by atoms with Crippen molar-refractivity contribution in [2.45, 2.75) is 43.8 Å². The van der Waals surface area contributed by atoms with Crippen LogP contribution in [0.3, 0.4) is 0 Å². The third-order valence-electron chi connectivity index (χ3n) is 5.27. The number of ether oxygens (including phenoxy) is 1. The van der Waals surface area contributed by atoms with Crippen LogP contribution in [0.25, 0.3) is 0 Å². The second-order valence-electron chi connectivity index (χ2n) is 7.49. The molecule has 0 aliphatic carbocycles. The first-order valence-corrected chi connectivity index (χ1v) is 9.17. The van der Waals surface area contributed by atoms with Gasteiger partial charge in [0.25, 0.3) is 11.8 Å². The van der Waals surface area contributed by atoms with Crippen molar-refractivity contribution in [3.05, 3.63) is 29.6 Å². The maximum atomic E-state index is 14.1. The van der Waals surface area contributed by atoms with E-state index in [1.165, 1.54) is 35.1 Å². The molecular weight excluding hydrogens is 361 g/mol. The predicted molar refractivity (Wildman–Crippen MR) is 93.2 cm³/mol. The van der Waals surface area contributed by atoms with Crippen molar-refractivity contribution in [2.24, 2.45) is 0 Å². The van der Waals surface area contributed by atoms with Crippen LogP contribution in [0.15, 0.2) is 18.2 Å². The maximum absolute atomic E-state index is 14.1. The van der Waals surface area contributed by atoms with Crippen LogP contribution < -0.4 is 4.74 Å². The molecule has 3 rings (SSSR count). The number of rotatable bonds is 5. The number of halogens is 3. The molecule has 1 amide bonds. The molecule has 0 saturated carbocycles. The molecule has 5 nitrogen and oxygen atoms in total. The number of carbonyl (C=O) groups excluding carboxylic acids is 1.